The Hall–Kier alpha value is -3.48. The molecular weight excluding hydrogens is 410 g/mol. The molecule has 0 saturated carbocycles. The molecule has 0 fully saturated rings. The van der Waals surface area contributed by atoms with E-state index >= 15 is 0 Å². The highest BCUT2D eigenvalue weighted by Crippen LogP contribution is 2.42. The molecule has 0 spiro atoms. The molecule has 0 atom stereocenters. The third-order valence-electron chi connectivity index (χ3n) is 5.61. The standard InChI is InChI=1S/C25H29NO6/c1-15(11-13-21(27)26-19-8-6-7-9-20(19)29-3)10-12-17-23(30-4)16(2)18-14-32-25(28)22(18)24(17)31-5/h6-10H,11-14H2,1-5H3,(H,26,27)/b15-10+. The number of methoxy groups -OCH3 is 3. The summed E-state index contributed by atoms with van der Waals surface area (Å²) in [7, 11) is 4.72. The summed E-state index contributed by atoms with van der Waals surface area (Å²) in [4.78, 5) is 24.6. The van der Waals surface area contributed by atoms with Crippen LogP contribution in [0.3, 0.4) is 0 Å². The van der Waals surface area contributed by atoms with Crippen LogP contribution in [0.15, 0.2) is 35.9 Å². The van der Waals surface area contributed by atoms with Gasteiger partial charge in [0.05, 0.1) is 27.0 Å². The topological polar surface area (TPSA) is 83.1 Å². The Morgan fingerprint density at radius 1 is 1.09 bits per heavy atom. The smallest absolute Gasteiger partial charge is 0.342 e. The number of amides is 1. The van der Waals surface area contributed by atoms with Gasteiger partial charge in [-0.2, -0.15) is 0 Å². The fourth-order valence-corrected chi connectivity index (χ4v) is 3.88. The lowest BCUT2D eigenvalue weighted by Crippen LogP contribution is -2.12. The predicted molar refractivity (Wildman–Crippen MR) is 122 cm³/mol. The van der Waals surface area contributed by atoms with E-state index in [1.54, 1.807) is 26.4 Å². The molecule has 0 saturated heterocycles. The Morgan fingerprint density at radius 3 is 2.50 bits per heavy atom. The van der Waals surface area contributed by atoms with Gasteiger partial charge in [-0.3, -0.25) is 4.79 Å². The number of carbonyl (C=O) groups is 2. The molecule has 1 heterocycles. The minimum Gasteiger partial charge on any atom is -0.496 e. The molecule has 1 aliphatic heterocycles. The zero-order valence-electron chi connectivity index (χ0n) is 19.2. The number of cyclic esters (lactones) is 1. The molecule has 0 unspecified atom stereocenters. The Kier molecular flexibility index (Phi) is 7.41. The maximum atomic E-state index is 12.4. The van der Waals surface area contributed by atoms with Crippen molar-refractivity contribution < 1.29 is 28.5 Å². The molecule has 32 heavy (non-hydrogen) atoms. The largest absolute Gasteiger partial charge is 0.496 e. The van der Waals surface area contributed by atoms with Gasteiger partial charge in [-0.05, 0) is 44.4 Å². The van der Waals surface area contributed by atoms with Gasteiger partial charge in [-0.1, -0.05) is 23.8 Å². The van der Waals surface area contributed by atoms with Crippen LogP contribution in [0.4, 0.5) is 5.69 Å². The molecule has 1 N–H and O–H groups in total. The van der Waals surface area contributed by atoms with E-state index in [0.29, 0.717) is 47.8 Å². The highest BCUT2D eigenvalue weighted by Gasteiger charge is 2.32. The number of hydrogen-bond donors (Lipinski definition) is 1. The van der Waals surface area contributed by atoms with Crippen molar-refractivity contribution in [2.24, 2.45) is 0 Å². The summed E-state index contributed by atoms with van der Waals surface area (Å²) in [6.45, 7) is 4.12. The van der Waals surface area contributed by atoms with E-state index in [1.807, 2.05) is 32.1 Å². The molecule has 0 aliphatic carbocycles. The highest BCUT2D eigenvalue weighted by atomic mass is 16.5. The second-order valence-corrected chi connectivity index (χ2v) is 7.60. The number of ether oxygens (including phenoxy) is 4. The van der Waals surface area contributed by atoms with Crippen molar-refractivity contribution in [2.45, 2.75) is 39.7 Å². The summed E-state index contributed by atoms with van der Waals surface area (Å²) in [6, 6.07) is 7.30. The molecule has 0 radical (unpaired) electrons. The van der Waals surface area contributed by atoms with Crippen LogP contribution in [0, 0.1) is 6.92 Å². The summed E-state index contributed by atoms with van der Waals surface area (Å²) < 4.78 is 21.7. The molecular formula is C25H29NO6. The van der Waals surface area contributed by atoms with Gasteiger partial charge < -0.3 is 24.3 Å². The van der Waals surface area contributed by atoms with Crippen molar-refractivity contribution >= 4 is 17.6 Å². The summed E-state index contributed by atoms with van der Waals surface area (Å²) in [5.41, 5.74) is 4.65. The summed E-state index contributed by atoms with van der Waals surface area (Å²) in [5.74, 6) is 1.34. The number of hydrogen-bond acceptors (Lipinski definition) is 6. The van der Waals surface area contributed by atoms with Crippen LogP contribution in [-0.2, 0) is 22.6 Å². The maximum Gasteiger partial charge on any atom is 0.342 e. The van der Waals surface area contributed by atoms with Crippen LogP contribution in [0.2, 0.25) is 0 Å². The lowest BCUT2D eigenvalue weighted by atomic mass is 9.94. The predicted octanol–water partition coefficient (Wildman–Crippen LogP) is 4.60. The van der Waals surface area contributed by atoms with Gasteiger partial charge in [0, 0.05) is 17.5 Å². The molecule has 2 aromatic carbocycles. The minimum absolute atomic E-state index is 0.0893. The van der Waals surface area contributed by atoms with Crippen LogP contribution in [-0.4, -0.2) is 33.2 Å². The number of carbonyl (C=O) groups excluding carboxylic acids is 2. The molecule has 1 amide bonds. The summed E-state index contributed by atoms with van der Waals surface area (Å²) >= 11 is 0. The van der Waals surface area contributed by atoms with Crippen LogP contribution in [0.5, 0.6) is 17.2 Å². The van der Waals surface area contributed by atoms with Crippen LogP contribution < -0.4 is 19.5 Å². The molecule has 3 rings (SSSR count). The molecule has 2 aromatic rings. The Labute approximate surface area is 188 Å². The van der Waals surface area contributed by atoms with E-state index in [0.717, 1.165) is 22.3 Å². The number of anilines is 1. The first-order valence-corrected chi connectivity index (χ1v) is 10.4. The summed E-state index contributed by atoms with van der Waals surface area (Å²) in [6.07, 6.45) is 3.47. The maximum absolute atomic E-state index is 12.4. The number of nitrogens with one attached hydrogen (secondary N) is 1. The zero-order chi connectivity index (χ0) is 23.3. The van der Waals surface area contributed by atoms with E-state index in [2.05, 4.69) is 5.32 Å². The Morgan fingerprint density at radius 2 is 1.81 bits per heavy atom. The number of esters is 1. The zero-order valence-corrected chi connectivity index (χ0v) is 19.2. The molecule has 0 bridgehead atoms. The molecule has 1 aliphatic rings. The van der Waals surface area contributed by atoms with Crippen LogP contribution in [0.25, 0.3) is 0 Å². The monoisotopic (exact) mass is 439 g/mol. The number of rotatable bonds is 9. The highest BCUT2D eigenvalue weighted by molar-refractivity contribution is 5.98. The Balaban J connectivity index is 1.72. The Bertz CT molecular complexity index is 1060. The van der Waals surface area contributed by atoms with E-state index in [9.17, 15) is 9.59 Å². The fraction of sp³-hybridized carbons (Fsp3) is 0.360. The number of fused-ring (bicyclic) bond motifs is 1. The fourth-order valence-electron chi connectivity index (χ4n) is 3.88. The SMILES string of the molecule is COc1ccccc1NC(=O)CC/C(C)=C/Cc1c(OC)c(C)c2c(c1OC)C(=O)OC2. The van der Waals surface area contributed by atoms with E-state index in [4.69, 9.17) is 18.9 Å². The van der Waals surface area contributed by atoms with Crippen molar-refractivity contribution in [1.29, 1.82) is 0 Å². The van der Waals surface area contributed by atoms with Gasteiger partial charge in [-0.15, -0.1) is 0 Å². The second kappa shape index (κ2) is 10.2. The van der Waals surface area contributed by atoms with Gasteiger partial charge in [0.2, 0.25) is 5.91 Å². The average molecular weight is 440 g/mol. The lowest BCUT2D eigenvalue weighted by Gasteiger charge is -2.18. The average Bonchev–Trinajstić information content (AvgIpc) is 3.18. The van der Waals surface area contributed by atoms with Crippen molar-refractivity contribution in [3.05, 3.63) is 58.2 Å². The van der Waals surface area contributed by atoms with Crippen LogP contribution in [0.1, 0.15) is 46.8 Å². The van der Waals surface area contributed by atoms with Crippen molar-refractivity contribution in [2.75, 3.05) is 26.6 Å². The molecule has 0 aromatic heterocycles. The third-order valence-corrected chi connectivity index (χ3v) is 5.61. The first-order chi connectivity index (χ1) is 15.4. The second-order valence-electron chi connectivity index (χ2n) is 7.60. The van der Waals surface area contributed by atoms with Crippen molar-refractivity contribution in [3.63, 3.8) is 0 Å². The van der Waals surface area contributed by atoms with Gasteiger partial charge in [0.25, 0.3) is 0 Å². The normalized spacial score (nSPS) is 12.8. The quantitative estimate of drug-likeness (QED) is 0.454. The van der Waals surface area contributed by atoms with Gasteiger partial charge >= 0.3 is 5.97 Å². The number of allylic oxidation sites excluding steroid dienone is 2. The molecule has 7 nitrogen and oxygen atoms in total. The minimum atomic E-state index is -0.377. The van der Waals surface area contributed by atoms with Gasteiger partial charge in [0.1, 0.15) is 29.4 Å². The number of benzene rings is 2. The van der Waals surface area contributed by atoms with E-state index < -0.39 is 0 Å². The van der Waals surface area contributed by atoms with Crippen LogP contribution >= 0.6 is 0 Å². The first-order valence-electron chi connectivity index (χ1n) is 10.4. The molecule has 170 valence electrons. The summed E-state index contributed by atoms with van der Waals surface area (Å²) in [5, 5.41) is 2.89. The molecule has 7 heteroatoms. The third kappa shape index (κ3) is 4.72. The lowest BCUT2D eigenvalue weighted by molar-refractivity contribution is -0.116. The van der Waals surface area contributed by atoms with Gasteiger partial charge in [0.15, 0.2) is 0 Å². The van der Waals surface area contributed by atoms with Crippen molar-refractivity contribution in [3.8, 4) is 17.2 Å². The first kappa shape index (κ1) is 23.2. The number of para-hydroxylation sites is 2. The van der Waals surface area contributed by atoms with Crippen molar-refractivity contribution in [1.82, 2.24) is 0 Å². The van der Waals surface area contributed by atoms with Gasteiger partial charge in [-0.25, -0.2) is 4.79 Å². The van der Waals surface area contributed by atoms with E-state index in [1.165, 1.54) is 7.11 Å². The van der Waals surface area contributed by atoms with E-state index in [-0.39, 0.29) is 18.5 Å².